The molecule has 0 aromatic carbocycles. The molecule has 1 unspecified atom stereocenters. The lowest BCUT2D eigenvalue weighted by atomic mass is 9.94. The van der Waals surface area contributed by atoms with Gasteiger partial charge in [-0.05, 0) is 30.8 Å². The molecule has 0 aliphatic carbocycles. The summed E-state index contributed by atoms with van der Waals surface area (Å²) in [6, 6.07) is 2.48. The average molecular weight is 241 g/mol. The van der Waals surface area contributed by atoms with Crippen molar-refractivity contribution in [1.29, 1.82) is 0 Å². The van der Waals surface area contributed by atoms with Gasteiger partial charge in [-0.3, -0.25) is 0 Å². The van der Waals surface area contributed by atoms with Crippen molar-refractivity contribution >= 4 is 11.3 Å². The van der Waals surface area contributed by atoms with Crippen LogP contribution >= 0.6 is 11.3 Å². The van der Waals surface area contributed by atoms with Crippen molar-refractivity contribution in [3.05, 3.63) is 16.3 Å². The van der Waals surface area contributed by atoms with Crippen molar-refractivity contribution in [1.82, 2.24) is 5.32 Å². The highest BCUT2D eigenvalue weighted by Crippen LogP contribution is 2.35. The third-order valence-corrected chi connectivity index (χ3v) is 4.28. The molecule has 0 aliphatic heterocycles. The van der Waals surface area contributed by atoms with E-state index in [2.05, 4.69) is 30.6 Å². The van der Waals surface area contributed by atoms with Gasteiger partial charge >= 0.3 is 0 Å². The third kappa shape index (κ3) is 3.22. The summed E-state index contributed by atoms with van der Waals surface area (Å²) in [7, 11) is 3.78. The van der Waals surface area contributed by atoms with Gasteiger partial charge in [-0.2, -0.15) is 0 Å². The summed E-state index contributed by atoms with van der Waals surface area (Å²) >= 11 is 1.78. The van der Waals surface area contributed by atoms with Gasteiger partial charge in [0.15, 0.2) is 0 Å². The predicted octanol–water partition coefficient (Wildman–Crippen LogP) is 3.84. The zero-order valence-corrected chi connectivity index (χ0v) is 11.6. The van der Waals surface area contributed by atoms with Crippen molar-refractivity contribution in [2.45, 2.75) is 39.2 Å². The van der Waals surface area contributed by atoms with Crippen LogP contribution < -0.4 is 10.1 Å². The van der Waals surface area contributed by atoms with Gasteiger partial charge in [-0.15, -0.1) is 11.3 Å². The van der Waals surface area contributed by atoms with E-state index in [1.165, 1.54) is 24.1 Å². The second-order valence-corrected chi connectivity index (χ2v) is 5.06. The molecule has 1 aromatic rings. The molecule has 92 valence electrons. The molecule has 1 atom stereocenters. The minimum Gasteiger partial charge on any atom is -0.496 e. The number of methoxy groups -OCH3 is 1. The Hall–Kier alpha value is -0.540. The second-order valence-electron chi connectivity index (χ2n) is 4.11. The van der Waals surface area contributed by atoms with Crippen LogP contribution in [0.25, 0.3) is 0 Å². The Morgan fingerprint density at radius 2 is 2.06 bits per heavy atom. The highest BCUT2D eigenvalue weighted by molar-refractivity contribution is 7.10. The minimum absolute atomic E-state index is 0.430. The SMILES string of the molecule is CCC(CC)CC(NC)c1sccc1OC. The van der Waals surface area contributed by atoms with Crippen LogP contribution in [0.4, 0.5) is 0 Å². The topological polar surface area (TPSA) is 21.3 Å². The van der Waals surface area contributed by atoms with Gasteiger partial charge in [0.2, 0.25) is 0 Å². The summed E-state index contributed by atoms with van der Waals surface area (Å²) in [4.78, 5) is 1.33. The molecule has 1 heterocycles. The van der Waals surface area contributed by atoms with E-state index in [1.54, 1.807) is 18.4 Å². The molecular weight excluding hydrogens is 218 g/mol. The van der Waals surface area contributed by atoms with Crippen LogP contribution in [-0.4, -0.2) is 14.2 Å². The summed E-state index contributed by atoms with van der Waals surface area (Å²) in [6.45, 7) is 4.54. The van der Waals surface area contributed by atoms with Crippen LogP contribution in [0, 0.1) is 5.92 Å². The summed E-state index contributed by atoms with van der Waals surface area (Å²) in [5.41, 5.74) is 0. The van der Waals surface area contributed by atoms with Gasteiger partial charge in [0.25, 0.3) is 0 Å². The molecule has 0 aliphatic rings. The van der Waals surface area contributed by atoms with Crippen LogP contribution in [0.15, 0.2) is 11.4 Å². The van der Waals surface area contributed by atoms with Crippen LogP contribution in [0.5, 0.6) is 5.75 Å². The maximum atomic E-state index is 5.39. The molecule has 1 rings (SSSR count). The quantitative estimate of drug-likeness (QED) is 0.783. The Morgan fingerprint density at radius 1 is 1.38 bits per heavy atom. The summed E-state index contributed by atoms with van der Waals surface area (Å²) in [6.07, 6.45) is 3.70. The Bertz CT molecular complexity index is 294. The Labute approximate surface area is 103 Å². The number of thiophene rings is 1. The van der Waals surface area contributed by atoms with E-state index in [9.17, 15) is 0 Å². The predicted molar refractivity (Wildman–Crippen MR) is 71.4 cm³/mol. The molecule has 3 heteroatoms. The van der Waals surface area contributed by atoms with E-state index in [1.807, 2.05) is 7.05 Å². The fourth-order valence-electron chi connectivity index (χ4n) is 2.04. The molecule has 16 heavy (non-hydrogen) atoms. The van der Waals surface area contributed by atoms with Gasteiger partial charge in [-0.1, -0.05) is 26.7 Å². The smallest absolute Gasteiger partial charge is 0.134 e. The number of nitrogens with one attached hydrogen (secondary N) is 1. The molecule has 0 fully saturated rings. The fraction of sp³-hybridized carbons (Fsp3) is 0.692. The number of hydrogen-bond acceptors (Lipinski definition) is 3. The van der Waals surface area contributed by atoms with E-state index < -0.39 is 0 Å². The maximum Gasteiger partial charge on any atom is 0.134 e. The van der Waals surface area contributed by atoms with E-state index >= 15 is 0 Å². The lowest BCUT2D eigenvalue weighted by Gasteiger charge is -2.21. The molecule has 0 saturated carbocycles. The van der Waals surface area contributed by atoms with Gasteiger partial charge < -0.3 is 10.1 Å². The zero-order chi connectivity index (χ0) is 12.0. The van der Waals surface area contributed by atoms with Gasteiger partial charge in [-0.25, -0.2) is 0 Å². The lowest BCUT2D eigenvalue weighted by molar-refractivity contribution is 0.369. The van der Waals surface area contributed by atoms with Gasteiger partial charge in [0, 0.05) is 6.04 Å². The second kappa shape index (κ2) is 6.92. The highest BCUT2D eigenvalue weighted by Gasteiger charge is 2.19. The number of ether oxygens (including phenoxy) is 1. The van der Waals surface area contributed by atoms with Crippen molar-refractivity contribution < 1.29 is 4.74 Å². The van der Waals surface area contributed by atoms with Crippen LogP contribution in [-0.2, 0) is 0 Å². The van der Waals surface area contributed by atoms with Crippen molar-refractivity contribution in [3.63, 3.8) is 0 Å². The van der Waals surface area contributed by atoms with Crippen molar-refractivity contribution in [2.24, 2.45) is 5.92 Å². The maximum absolute atomic E-state index is 5.39. The molecule has 0 amide bonds. The van der Waals surface area contributed by atoms with Crippen molar-refractivity contribution in [2.75, 3.05) is 14.2 Å². The first-order valence-electron chi connectivity index (χ1n) is 6.05. The first-order valence-corrected chi connectivity index (χ1v) is 6.93. The molecule has 1 N–H and O–H groups in total. The Kier molecular flexibility index (Phi) is 5.85. The van der Waals surface area contributed by atoms with Gasteiger partial charge in [0.05, 0.1) is 12.0 Å². The van der Waals surface area contributed by atoms with E-state index in [0.717, 1.165) is 11.7 Å². The minimum atomic E-state index is 0.430. The standard InChI is InChI=1S/C13H23NOS/c1-5-10(6-2)9-11(14-3)13-12(15-4)7-8-16-13/h7-8,10-11,14H,5-6,9H2,1-4H3. The Balaban J connectivity index is 2.73. The number of rotatable bonds is 7. The first kappa shape index (κ1) is 13.5. The molecule has 1 aromatic heterocycles. The summed E-state index contributed by atoms with van der Waals surface area (Å²) in [5.74, 6) is 1.82. The lowest BCUT2D eigenvalue weighted by Crippen LogP contribution is -2.19. The normalized spacial score (nSPS) is 13.1. The monoisotopic (exact) mass is 241 g/mol. The van der Waals surface area contributed by atoms with Crippen LogP contribution in [0.3, 0.4) is 0 Å². The summed E-state index contributed by atoms with van der Waals surface area (Å²) in [5, 5.41) is 5.51. The highest BCUT2D eigenvalue weighted by atomic mass is 32.1. The van der Waals surface area contributed by atoms with E-state index in [4.69, 9.17) is 4.74 Å². The molecule has 0 radical (unpaired) electrons. The van der Waals surface area contributed by atoms with Crippen molar-refractivity contribution in [3.8, 4) is 5.75 Å². The molecule has 0 spiro atoms. The zero-order valence-electron chi connectivity index (χ0n) is 10.7. The van der Waals surface area contributed by atoms with Crippen LogP contribution in [0.2, 0.25) is 0 Å². The molecule has 0 bridgehead atoms. The molecular formula is C13H23NOS. The molecule has 0 saturated heterocycles. The fourth-order valence-corrected chi connectivity index (χ4v) is 3.03. The third-order valence-electron chi connectivity index (χ3n) is 3.27. The first-order chi connectivity index (χ1) is 7.76. The van der Waals surface area contributed by atoms with E-state index in [-0.39, 0.29) is 0 Å². The number of hydrogen-bond donors (Lipinski definition) is 1. The van der Waals surface area contributed by atoms with Crippen LogP contribution in [0.1, 0.15) is 44.0 Å². The average Bonchev–Trinajstić information content (AvgIpc) is 2.79. The summed E-state index contributed by atoms with van der Waals surface area (Å²) < 4.78 is 5.39. The largest absolute Gasteiger partial charge is 0.496 e. The molecule has 2 nitrogen and oxygen atoms in total. The van der Waals surface area contributed by atoms with Gasteiger partial charge in [0.1, 0.15) is 5.75 Å². The van der Waals surface area contributed by atoms with E-state index in [0.29, 0.717) is 6.04 Å². The Morgan fingerprint density at radius 3 is 2.56 bits per heavy atom.